The fraction of sp³-hybridized carbons (Fsp3) is 0.318. The maximum atomic E-state index is 6.01. The molecule has 6 heteroatoms. The molecule has 0 unspecified atom stereocenters. The molecular formula is C22H26N4OS. The first-order valence-corrected chi connectivity index (χ1v) is 10.5. The van der Waals surface area contributed by atoms with Crippen molar-refractivity contribution in [1.82, 2.24) is 9.88 Å². The number of piperazine rings is 1. The lowest BCUT2D eigenvalue weighted by Crippen LogP contribution is -2.46. The minimum atomic E-state index is 0.651. The molecule has 2 aromatic carbocycles. The fourth-order valence-electron chi connectivity index (χ4n) is 3.64. The Morgan fingerprint density at radius 2 is 1.71 bits per heavy atom. The minimum Gasteiger partial charge on any atom is -0.497 e. The van der Waals surface area contributed by atoms with Crippen molar-refractivity contribution in [2.24, 2.45) is 0 Å². The number of nitrogens with two attached hydrogens (primary N) is 1. The molecule has 1 fully saturated rings. The van der Waals surface area contributed by atoms with Crippen molar-refractivity contribution < 1.29 is 4.74 Å². The van der Waals surface area contributed by atoms with Crippen molar-refractivity contribution in [3.05, 3.63) is 59.5 Å². The average Bonchev–Trinajstić information content (AvgIpc) is 3.14. The zero-order valence-electron chi connectivity index (χ0n) is 16.2. The number of nitrogen functional groups attached to an aromatic ring is 1. The molecule has 2 heterocycles. The van der Waals surface area contributed by atoms with Gasteiger partial charge in [-0.1, -0.05) is 30.3 Å². The van der Waals surface area contributed by atoms with E-state index in [1.54, 1.807) is 18.4 Å². The van der Waals surface area contributed by atoms with E-state index in [1.165, 1.54) is 10.6 Å². The van der Waals surface area contributed by atoms with Crippen LogP contribution in [0.4, 0.5) is 10.8 Å². The lowest BCUT2D eigenvalue weighted by molar-refractivity contribution is 0.261. The van der Waals surface area contributed by atoms with Crippen LogP contribution in [0.25, 0.3) is 11.3 Å². The quantitative estimate of drug-likeness (QED) is 0.690. The standard InChI is InChI=1S/C22H26N4OS/c1-27-19-9-7-18(8-10-19)26-15-13-25(14-16-26)12-11-20-21(24-22(23)28-20)17-5-3-2-4-6-17/h2-10H,11-16H2,1H3,(H2,23,24). The summed E-state index contributed by atoms with van der Waals surface area (Å²) in [7, 11) is 1.70. The van der Waals surface area contributed by atoms with Gasteiger partial charge in [-0.3, -0.25) is 4.90 Å². The van der Waals surface area contributed by atoms with Gasteiger partial charge < -0.3 is 15.4 Å². The highest BCUT2D eigenvalue weighted by Crippen LogP contribution is 2.30. The van der Waals surface area contributed by atoms with Gasteiger partial charge in [0, 0.05) is 48.9 Å². The normalized spacial score (nSPS) is 15.0. The van der Waals surface area contributed by atoms with Crippen LogP contribution in [0.15, 0.2) is 54.6 Å². The van der Waals surface area contributed by atoms with Gasteiger partial charge in [0.1, 0.15) is 5.75 Å². The van der Waals surface area contributed by atoms with Gasteiger partial charge in [-0.2, -0.15) is 0 Å². The molecule has 0 bridgehead atoms. The Labute approximate surface area is 170 Å². The lowest BCUT2D eigenvalue weighted by Gasteiger charge is -2.36. The Bertz CT molecular complexity index is 887. The summed E-state index contributed by atoms with van der Waals surface area (Å²) in [4.78, 5) is 10.8. The third-order valence-corrected chi connectivity index (χ3v) is 6.17. The molecule has 5 nitrogen and oxygen atoms in total. The number of hydrogen-bond acceptors (Lipinski definition) is 6. The molecular weight excluding hydrogens is 368 g/mol. The number of anilines is 2. The lowest BCUT2D eigenvalue weighted by atomic mass is 10.1. The molecule has 0 spiro atoms. The van der Waals surface area contributed by atoms with Crippen LogP contribution in [0.3, 0.4) is 0 Å². The van der Waals surface area contributed by atoms with E-state index in [0.29, 0.717) is 5.13 Å². The summed E-state index contributed by atoms with van der Waals surface area (Å²) in [6, 6.07) is 18.7. The Kier molecular flexibility index (Phi) is 5.78. The fourth-order valence-corrected chi connectivity index (χ4v) is 4.49. The topological polar surface area (TPSA) is 54.6 Å². The second kappa shape index (κ2) is 8.63. The number of benzene rings is 2. The van der Waals surface area contributed by atoms with E-state index >= 15 is 0 Å². The molecule has 2 N–H and O–H groups in total. The second-order valence-corrected chi connectivity index (χ2v) is 8.08. The molecule has 0 aliphatic carbocycles. The monoisotopic (exact) mass is 394 g/mol. The molecule has 0 radical (unpaired) electrons. The largest absolute Gasteiger partial charge is 0.497 e. The summed E-state index contributed by atoms with van der Waals surface area (Å²) in [5.41, 5.74) is 9.46. The smallest absolute Gasteiger partial charge is 0.180 e. The van der Waals surface area contributed by atoms with E-state index in [1.807, 2.05) is 30.3 Å². The van der Waals surface area contributed by atoms with E-state index in [4.69, 9.17) is 10.5 Å². The SMILES string of the molecule is COc1ccc(N2CCN(CCc3sc(N)nc3-c3ccccc3)CC2)cc1. The molecule has 1 aliphatic heterocycles. The van der Waals surface area contributed by atoms with Crippen LogP contribution in [0, 0.1) is 0 Å². The van der Waals surface area contributed by atoms with Gasteiger partial charge in [0.05, 0.1) is 12.8 Å². The minimum absolute atomic E-state index is 0.651. The predicted octanol–water partition coefficient (Wildman–Crippen LogP) is 3.77. The molecule has 3 aromatic rings. The van der Waals surface area contributed by atoms with Crippen molar-refractivity contribution in [3.8, 4) is 17.0 Å². The van der Waals surface area contributed by atoms with Crippen molar-refractivity contribution in [3.63, 3.8) is 0 Å². The molecule has 0 atom stereocenters. The zero-order valence-corrected chi connectivity index (χ0v) is 17.0. The highest BCUT2D eigenvalue weighted by molar-refractivity contribution is 7.15. The van der Waals surface area contributed by atoms with E-state index in [9.17, 15) is 0 Å². The summed E-state index contributed by atoms with van der Waals surface area (Å²) < 4.78 is 5.25. The van der Waals surface area contributed by atoms with Crippen molar-refractivity contribution >= 4 is 22.2 Å². The van der Waals surface area contributed by atoms with Crippen LogP contribution >= 0.6 is 11.3 Å². The first-order chi connectivity index (χ1) is 13.7. The predicted molar refractivity (Wildman–Crippen MR) is 117 cm³/mol. The number of methoxy groups -OCH3 is 1. The summed E-state index contributed by atoms with van der Waals surface area (Å²) in [6.45, 7) is 5.27. The van der Waals surface area contributed by atoms with Gasteiger partial charge in [-0.05, 0) is 30.7 Å². The van der Waals surface area contributed by atoms with Crippen LogP contribution in [-0.2, 0) is 6.42 Å². The summed E-state index contributed by atoms with van der Waals surface area (Å²) >= 11 is 1.62. The van der Waals surface area contributed by atoms with E-state index in [-0.39, 0.29) is 0 Å². The van der Waals surface area contributed by atoms with Crippen LogP contribution < -0.4 is 15.4 Å². The molecule has 28 heavy (non-hydrogen) atoms. The second-order valence-electron chi connectivity index (χ2n) is 6.97. The van der Waals surface area contributed by atoms with Crippen molar-refractivity contribution in [1.29, 1.82) is 0 Å². The molecule has 1 aromatic heterocycles. The van der Waals surface area contributed by atoms with Gasteiger partial charge in [-0.25, -0.2) is 4.98 Å². The van der Waals surface area contributed by atoms with E-state index < -0.39 is 0 Å². The van der Waals surface area contributed by atoms with Crippen LogP contribution in [-0.4, -0.2) is 49.7 Å². The number of hydrogen-bond donors (Lipinski definition) is 1. The van der Waals surface area contributed by atoms with Crippen molar-refractivity contribution in [2.45, 2.75) is 6.42 Å². The van der Waals surface area contributed by atoms with Crippen molar-refractivity contribution in [2.75, 3.05) is 50.5 Å². The summed E-state index contributed by atoms with van der Waals surface area (Å²) in [5.74, 6) is 0.903. The van der Waals surface area contributed by atoms with Crippen LogP contribution in [0.1, 0.15) is 4.88 Å². The summed E-state index contributed by atoms with van der Waals surface area (Å²) in [5, 5.41) is 0.651. The zero-order chi connectivity index (χ0) is 19.3. The van der Waals surface area contributed by atoms with Gasteiger partial charge in [0.15, 0.2) is 5.13 Å². The Hall–Kier alpha value is -2.57. The Balaban J connectivity index is 1.33. The third-order valence-electron chi connectivity index (χ3n) is 5.23. The van der Waals surface area contributed by atoms with Crippen LogP contribution in [0.5, 0.6) is 5.75 Å². The number of rotatable bonds is 6. The average molecular weight is 395 g/mol. The highest BCUT2D eigenvalue weighted by atomic mass is 32.1. The van der Waals surface area contributed by atoms with Crippen LogP contribution in [0.2, 0.25) is 0 Å². The molecule has 0 saturated carbocycles. The summed E-state index contributed by atoms with van der Waals surface area (Å²) in [6.07, 6.45) is 0.988. The first kappa shape index (κ1) is 18.8. The Morgan fingerprint density at radius 1 is 1.00 bits per heavy atom. The van der Waals surface area contributed by atoms with Gasteiger partial charge >= 0.3 is 0 Å². The number of nitrogens with zero attached hydrogens (tertiary/aromatic N) is 3. The highest BCUT2D eigenvalue weighted by Gasteiger charge is 2.19. The maximum Gasteiger partial charge on any atom is 0.180 e. The molecule has 4 rings (SSSR count). The number of ether oxygens (including phenoxy) is 1. The number of aromatic nitrogens is 1. The van der Waals surface area contributed by atoms with Gasteiger partial charge in [0.2, 0.25) is 0 Å². The Morgan fingerprint density at radius 3 is 2.39 bits per heavy atom. The molecule has 1 aliphatic rings. The molecule has 1 saturated heterocycles. The molecule has 146 valence electrons. The van der Waals surface area contributed by atoms with Gasteiger partial charge in [-0.15, -0.1) is 11.3 Å². The first-order valence-electron chi connectivity index (χ1n) is 9.65. The van der Waals surface area contributed by atoms with E-state index in [2.05, 4.69) is 39.0 Å². The van der Waals surface area contributed by atoms with Gasteiger partial charge in [0.25, 0.3) is 0 Å². The molecule has 0 amide bonds. The number of thiazole rings is 1. The maximum absolute atomic E-state index is 6.01. The van der Waals surface area contributed by atoms with E-state index in [0.717, 1.165) is 56.2 Å². The third kappa shape index (κ3) is 4.29.